The highest BCUT2D eigenvalue weighted by molar-refractivity contribution is 6.05. The van der Waals surface area contributed by atoms with Crippen molar-refractivity contribution in [3.63, 3.8) is 0 Å². The van der Waals surface area contributed by atoms with E-state index in [0.29, 0.717) is 13.0 Å². The quantitative estimate of drug-likeness (QED) is 0.648. The number of nitrogens with zero attached hydrogens (tertiary/aromatic N) is 2. The van der Waals surface area contributed by atoms with Crippen molar-refractivity contribution in [3.05, 3.63) is 34.9 Å². The van der Waals surface area contributed by atoms with E-state index in [-0.39, 0.29) is 24.1 Å². The number of amides is 3. The van der Waals surface area contributed by atoms with Crippen LogP contribution in [-0.4, -0.2) is 59.7 Å². The van der Waals surface area contributed by atoms with Crippen molar-refractivity contribution in [2.24, 2.45) is 11.8 Å². The van der Waals surface area contributed by atoms with E-state index in [1.54, 1.807) is 4.90 Å². The molecule has 3 saturated heterocycles. The third-order valence-corrected chi connectivity index (χ3v) is 8.02. The molecular weight excluding hydrogens is 416 g/mol. The maximum absolute atomic E-state index is 13.4. The molecule has 0 aromatic heterocycles. The van der Waals surface area contributed by atoms with Crippen LogP contribution in [0.5, 0.6) is 0 Å². The van der Waals surface area contributed by atoms with E-state index in [0.717, 1.165) is 48.2 Å². The summed E-state index contributed by atoms with van der Waals surface area (Å²) in [6, 6.07) is 5.55. The maximum Gasteiger partial charge on any atom is 0.255 e. The number of benzene rings is 1. The molecule has 0 spiro atoms. The average Bonchev–Trinajstić information content (AvgIpc) is 3.16. The molecule has 3 fully saturated rings. The van der Waals surface area contributed by atoms with Crippen LogP contribution in [0.15, 0.2) is 18.2 Å². The van der Waals surface area contributed by atoms with Crippen LogP contribution in [0.3, 0.4) is 0 Å². The summed E-state index contributed by atoms with van der Waals surface area (Å²) in [5, 5.41) is 5.93. The Labute approximate surface area is 196 Å². The molecule has 3 unspecified atom stereocenters. The first-order chi connectivity index (χ1) is 16.1. The Morgan fingerprint density at radius 2 is 1.85 bits per heavy atom. The topological polar surface area (TPSA) is 81.8 Å². The van der Waals surface area contributed by atoms with E-state index >= 15 is 0 Å². The lowest BCUT2D eigenvalue weighted by Gasteiger charge is -2.34. The molecule has 4 aliphatic heterocycles. The Morgan fingerprint density at radius 3 is 2.67 bits per heavy atom. The third-order valence-electron chi connectivity index (χ3n) is 8.02. The zero-order chi connectivity index (χ0) is 22.8. The minimum Gasteiger partial charge on any atom is -0.322 e. The van der Waals surface area contributed by atoms with Gasteiger partial charge in [-0.05, 0) is 87.5 Å². The summed E-state index contributed by atoms with van der Waals surface area (Å²) in [5.41, 5.74) is 2.85. The summed E-state index contributed by atoms with van der Waals surface area (Å²) in [6.07, 6.45) is 8.53. The van der Waals surface area contributed by atoms with Gasteiger partial charge in [0.2, 0.25) is 11.8 Å². The van der Waals surface area contributed by atoms with E-state index in [1.807, 2.05) is 12.1 Å². The molecule has 4 aliphatic rings. The van der Waals surface area contributed by atoms with Gasteiger partial charge in [-0.15, -0.1) is 0 Å². The van der Waals surface area contributed by atoms with Gasteiger partial charge in [-0.1, -0.05) is 18.2 Å². The molecule has 2 N–H and O–H groups in total. The number of hydrogen-bond donors (Lipinski definition) is 2. The van der Waals surface area contributed by atoms with Gasteiger partial charge in [-0.2, -0.15) is 0 Å². The first-order valence-corrected chi connectivity index (χ1v) is 12.8. The van der Waals surface area contributed by atoms with Gasteiger partial charge in [0, 0.05) is 31.6 Å². The fourth-order valence-electron chi connectivity index (χ4n) is 6.23. The lowest BCUT2D eigenvalue weighted by molar-refractivity contribution is -0.136. The highest BCUT2D eigenvalue weighted by Crippen LogP contribution is 2.32. The summed E-state index contributed by atoms with van der Waals surface area (Å²) < 4.78 is 0. The second-order valence-electron chi connectivity index (χ2n) is 10.4. The van der Waals surface area contributed by atoms with Crippen LogP contribution in [0.2, 0.25) is 0 Å². The number of imide groups is 1. The Kier molecular flexibility index (Phi) is 6.79. The summed E-state index contributed by atoms with van der Waals surface area (Å²) >= 11 is 0. The van der Waals surface area contributed by atoms with Crippen LogP contribution >= 0.6 is 0 Å². The average molecular weight is 453 g/mol. The third kappa shape index (κ3) is 4.99. The number of nitrogens with one attached hydrogen (secondary N) is 2. The summed E-state index contributed by atoms with van der Waals surface area (Å²) in [7, 11) is 0. The number of piperidine rings is 3. The Balaban J connectivity index is 1.22. The standard InChI is InChI=1S/C26H36N4O3/c31-23-11-10-22(25(32)28-23)30-17-21-7-1-6-20(24(21)26(30)33)16-29-13-3-5-19(15-29)9-8-18-4-2-12-27-14-18/h1,6-7,18-19,22,27H,2-5,8-17H2,(H,28,31,32). The number of likely N-dealkylation sites (tertiary alicyclic amines) is 1. The van der Waals surface area contributed by atoms with Crippen molar-refractivity contribution in [1.29, 1.82) is 0 Å². The minimum absolute atomic E-state index is 0.0616. The SMILES string of the molecule is O=C1CCC(N2Cc3cccc(CN4CCCC(CCC5CCCNC5)C4)c3C2=O)C(=O)N1. The largest absolute Gasteiger partial charge is 0.322 e. The monoisotopic (exact) mass is 452 g/mol. The van der Waals surface area contributed by atoms with Gasteiger partial charge in [0.15, 0.2) is 0 Å². The van der Waals surface area contributed by atoms with Crippen molar-refractivity contribution >= 4 is 17.7 Å². The van der Waals surface area contributed by atoms with Gasteiger partial charge in [0.1, 0.15) is 6.04 Å². The highest BCUT2D eigenvalue weighted by Gasteiger charge is 2.40. The molecule has 3 amide bonds. The van der Waals surface area contributed by atoms with Crippen molar-refractivity contribution < 1.29 is 14.4 Å². The van der Waals surface area contributed by atoms with Crippen molar-refractivity contribution in [3.8, 4) is 0 Å². The van der Waals surface area contributed by atoms with Gasteiger partial charge in [-0.25, -0.2) is 0 Å². The van der Waals surface area contributed by atoms with Crippen LogP contribution in [0.4, 0.5) is 0 Å². The fraction of sp³-hybridized carbons (Fsp3) is 0.654. The molecule has 0 bridgehead atoms. The second kappa shape index (κ2) is 9.94. The maximum atomic E-state index is 13.4. The molecule has 178 valence electrons. The first-order valence-electron chi connectivity index (χ1n) is 12.8. The Bertz CT molecular complexity index is 911. The second-order valence-corrected chi connectivity index (χ2v) is 10.4. The molecule has 1 aromatic carbocycles. The molecule has 7 nitrogen and oxygen atoms in total. The number of carbonyl (C=O) groups is 3. The molecule has 1 aromatic rings. The number of fused-ring (bicyclic) bond motifs is 1. The molecular formula is C26H36N4O3. The van der Waals surface area contributed by atoms with E-state index in [1.165, 1.54) is 51.6 Å². The number of carbonyl (C=O) groups excluding carboxylic acids is 3. The van der Waals surface area contributed by atoms with Crippen molar-refractivity contribution in [1.82, 2.24) is 20.4 Å². The normalized spacial score (nSPS) is 28.7. The fourth-order valence-corrected chi connectivity index (χ4v) is 6.23. The molecule has 3 atom stereocenters. The molecule has 0 radical (unpaired) electrons. The number of hydrogen-bond acceptors (Lipinski definition) is 5. The van der Waals surface area contributed by atoms with E-state index in [9.17, 15) is 14.4 Å². The minimum atomic E-state index is -0.552. The van der Waals surface area contributed by atoms with E-state index in [2.05, 4.69) is 21.6 Å². The molecule has 4 heterocycles. The van der Waals surface area contributed by atoms with Crippen LogP contribution in [-0.2, 0) is 22.7 Å². The van der Waals surface area contributed by atoms with Gasteiger partial charge in [-0.3, -0.25) is 24.6 Å². The Hall–Kier alpha value is -2.25. The Morgan fingerprint density at radius 1 is 1.00 bits per heavy atom. The predicted octanol–water partition coefficient (Wildman–Crippen LogP) is 2.44. The summed E-state index contributed by atoms with van der Waals surface area (Å²) in [5.74, 6) is 0.922. The molecule has 0 aliphatic carbocycles. The molecule has 0 saturated carbocycles. The van der Waals surface area contributed by atoms with Gasteiger partial charge in [0.05, 0.1) is 0 Å². The lowest BCUT2D eigenvalue weighted by Crippen LogP contribution is -2.52. The van der Waals surface area contributed by atoms with Gasteiger partial charge >= 0.3 is 0 Å². The summed E-state index contributed by atoms with van der Waals surface area (Å²) in [4.78, 5) is 41.4. The van der Waals surface area contributed by atoms with Crippen LogP contribution in [0, 0.1) is 11.8 Å². The van der Waals surface area contributed by atoms with Crippen molar-refractivity contribution in [2.45, 2.75) is 70.5 Å². The summed E-state index contributed by atoms with van der Waals surface area (Å²) in [6.45, 7) is 5.78. The predicted molar refractivity (Wildman–Crippen MR) is 125 cm³/mol. The highest BCUT2D eigenvalue weighted by atomic mass is 16.2. The molecule has 7 heteroatoms. The smallest absolute Gasteiger partial charge is 0.255 e. The van der Waals surface area contributed by atoms with Crippen LogP contribution < -0.4 is 10.6 Å². The van der Waals surface area contributed by atoms with E-state index < -0.39 is 6.04 Å². The first kappa shape index (κ1) is 22.5. The number of rotatable bonds is 6. The molecule has 5 rings (SSSR count). The van der Waals surface area contributed by atoms with E-state index in [4.69, 9.17) is 0 Å². The van der Waals surface area contributed by atoms with Gasteiger partial charge < -0.3 is 10.2 Å². The van der Waals surface area contributed by atoms with Crippen molar-refractivity contribution in [2.75, 3.05) is 26.2 Å². The molecule has 33 heavy (non-hydrogen) atoms. The zero-order valence-electron chi connectivity index (χ0n) is 19.5. The van der Waals surface area contributed by atoms with Gasteiger partial charge in [0.25, 0.3) is 5.91 Å². The zero-order valence-corrected chi connectivity index (χ0v) is 19.5. The van der Waals surface area contributed by atoms with Crippen LogP contribution in [0.1, 0.15) is 72.9 Å². The van der Waals surface area contributed by atoms with Crippen LogP contribution in [0.25, 0.3) is 0 Å². The lowest BCUT2D eigenvalue weighted by atomic mass is 9.87.